The highest BCUT2D eigenvalue weighted by atomic mass is 16.3. The average Bonchev–Trinajstić information content (AvgIpc) is 2.06. The molecule has 0 bridgehead atoms. The zero-order chi connectivity index (χ0) is 8.97. The minimum absolute atomic E-state index is 0.0666. The number of amides is 1. The summed E-state index contributed by atoms with van der Waals surface area (Å²) in [5.74, 6) is 0.223. The van der Waals surface area contributed by atoms with Crippen molar-refractivity contribution in [2.24, 2.45) is 0 Å². The molecule has 1 aromatic carbocycles. The Morgan fingerprint density at radius 3 is 2.50 bits per heavy atom. The first-order valence-electron chi connectivity index (χ1n) is 3.65. The molecule has 1 aromatic rings. The third-order valence-electron chi connectivity index (χ3n) is 1.67. The molecule has 0 aliphatic rings. The smallest absolute Gasteiger partial charge is 0.309 e. The third kappa shape index (κ3) is 1.99. The van der Waals surface area contributed by atoms with Gasteiger partial charge in [0.1, 0.15) is 5.75 Å². The van der Waals surface area contributed by atoms with Gasteiger partial charge < -0.3 is 10.4 Å². The average molecular weight is 164 g/mol. The van der Waals surface area contributed by atoms with Gasteiger partial charge in [-0.05, 0) is 24.6 Å². The van der Waals surface area contributed by atoms with Crippen molar-refractivity contribution in [1.82, 2.24) is 5.32 Å². The van der Waals surface area contributed by atoms with Gasteiger partial charge in [0.2, 0.25) is 0 Å². The topological polar surface area (TPSA) is 49.3 Å². The largest absolute Gasteiger partial charge is 0.508 e. The molecule has 0 fully saturated rings. The lowest BCUT2D eigenvalue weighted by molar-refractivity contribution is 0.474. The molecule has 1 amide bonds. The minimum Gasteiger partial charge on any atom is -0.508 e. The first-order valence-corrected chi connectivity index (χ1v) is 3.65. The molecule has 63 valence electrons. The van der Waals surface area contributed by atoms with Gasteiger partial charge in [0.15, 0.2) is 0 Å². The summed E-state index contributed by atoms with van der Waals surface area (Å²) in [5, 5.41) is 11.5. The molecule has 0 saturated heterocycles. The molecule has 1 unspecified atom stereocenters. The van der Waals surface area contributed by atoms with E-state index in [0.717, 1.165) is 5.56 Å². The highest BCUT2D eigenvalue weighted by Gasteiger charge is 2.02. The van der Waals surface area contributed by atoms with Crippen LogP contribution in [0.25, 0.3) is 0 Å². The number of nitrogens with one attached hydrogen (secondary N) is 1. The molecule has 3 heteroatoms. The predicted octanol–water partition coefficient (Wildman–Crippen LogP) is 1.11. The Balaban J connectivity index is 2.74. The second-order valence-electron chi connectivity index (χ2n) is 2.56. The zero-order valence-corrected chi connectivity index (χ0v) is 6.74. The highest BCUT2D eigenvalue weighted by Crippen LogP contribution is 2.15. The van der Waals surface area contributed by atoms with Crippen LogP contribution in [-0.4, -0.2) is 11.5 Å². The fraction of sp³-hybridized carbons (Fsp3) is 0.222. The molecule has 0 aliphatic heterocycles. The molecule has 1 radical (unpaired) electrons. The van der Waals surface area contributed by atoms with Gasteiger partial charge in [-0.1, -0.05) is 12.1 Å². The standard InChI is InChI=1S/C9H10NO2/c1-7(10-6-11)8-2-4-9(12)5-3-8/h2-5,7,12H,1H3,(H,10,11). The van der Waals surface area contributed by atoms with Crippen LogP contribution in [0, 0.1) is 0 Å². The maximum Gasteiger partial charge on any atom is 0.309 e. The van der Waals surface area contributed by atoms with E-state index < -0.39 is 0 Å². The van der Waals surface area contributed by atoms with E-state index in [1.807, 2.05) is 6.92 Å². The van der Waals surface area contributed by atoms with Gasteiger partial charge in [0, 0.05) is 0 Å². The van der Waals surface area contributed by atoms with Crippen LogP contribution in [0.4, 0.5) is 0 Å². The van der Waals surface area contributed by atoms with Crippen LogP contribution in [-0.2, 0) is 4.79 Å². The summed E-state index contributed by atoms with van der Waals surface area (Å²) in [6.07, 6.45) is 1.62. The molecular formula is C9H10NO2. The van der Waals surface area contributed by atoms with E-state index >= 15 is 0 Å². The van der Waals surface area contributed by atoms with Gasteiger partial charge >= 0.3 is 6.41 Å². The van der Waals surface area contributed by atoms with Crippen LogP contribution >= 0.6 is 0 Å². The lowest BCUT2D eigenvalue weighted by Gasteiger charge is -2.08. The SMILES string of the molecule is CC(N[C]=O)c1ccc(O)cc1. The Bertz CT molecular complexity index is 256. The van der Waals surface area contributed by atoms with Crippen molar-refractivity contribution in [3.8, 4) is 5.75 Å². The van der Waals surface area contributed by atoms with Gasteiger partial charge in [-0.15, -0.1) is 0 Å². The number of aromatic hydroxyl groups is 1. The van der Waals surface area contributed by atoms with E-state index in [-0.39, 0.29) is 11.8 Å². The Hall–Kier alpha value is -1.51. The quantitative estimate of drug-likeness (QED) is 0.657. The first kappa shape index (κ1) is 8.59. The monoisotopic (exact) mass is 164 g/mol. The summed E-state index contributed by atoms with van der Waals surface area (Å²) >= 11 is 0. The maximum absolute atomic E-state index is 9.97. The summed E-state index contributed by atoms with van der Waals surface area (Å²) in [5.41, 5.74) is 0.941. The van der Waals surface area contributed by atoms with E-state index in [1.54, 1.807) is 30.7 Å². The van der Waals surface area contributed by atoms with Gasteiger partial charge in [-0.2, -0.15) is 0 Å². The number of benzene rings is 1. The van der Waals surface area contributed by atoms with E-state index in [9.17, 15) is 4.79 Å². The normalized spacial score (nSPS) is 12.1. The number of phenols is 1. The summed E-state index contributed by atoms with van der Waals surface area (Å²) in [6, 6.07) is 6.61. The van der Waals surface area contributed by atoms with Crippen LogP contribution in [0.3, 0.4) is 0 Å². The van der Waals surface area contributed by atoms with Crippen molar-refractivity contribution in [3.63, 3.8) is 0 Å². The van der Waals surface area contributed by atoms with E-state index in [0.29, 0.717) is 0 Å². The Kier molecular flexibility index (Phi) is 2.69. The first-order chi connectivity index (χ1) is 5.74. The second-order valence-corrected chi connectivity index (χ2v) is 2.56. The molecule has 12 heavy (non-hydrogen) atoms. The molecule has 0 spiro atoms. The fourth-order valence-electron chi connectivity index (χ4n) is 0.935. The molecule has 0 saturated carbocycles. The van der Waals surface area contributed by atoms with Crippen LogP contribution in [0.2, 0.25) is 0 Å². The van der Waals surface area contributed by atoms with E-state index in [4.69, 9.17) is 5.11 Å². The van der Waals surface area contributed by atoms with Crippen LogP contribution in [0.1, 0.15) is 18.5 Å². The Labute approximate surface area is 71.0 Å². The molecule has 0 aromatic heterocycles. The molecule has 3 nitrogen and oxygen atoms in total. The molecule has 1 atom stereocenters. The van der Waals surface area contributed by atoms with Crippen molar-refractivity contribution in [2.75, 3.05) is 0 Å². The van der Waals surface area contributed by atoms with Gasteiger partial charge in [0.05, 0.1) is 6.04 Å². The molecule has 0 heterocycles. The van der Waals surface area contributed by atoms with Crippen molar-refractivity contribution < 1.29 is 9.90 Å². The summed E-state index contributed by atoms with van der Waals surface area (Å²) in [4.78, 5) is 9.97. The molecular weight excluding hydrogens is 154 g/mol. The van der Waals surface area contributed by atoms with E-state index in [1.165, 1.54) is 0 Å². The van der Waals surface area contributed by atoms with Gasteiger partial charge in [-0.3, -0.25) is 4.79 Å². The van der Waals surface area contributed by atoms with Crippen molar-refractivity contribution in [1.29, 1.82) is 0 Å². The number of carbonyl (C=O) groups excluding carboxylic acids is 1. The molecule has 1 rings (SSSR count). The second kappa shape index (κ2) is 3.76. The number of rotatable bonds is 3. The zero-order valence-electron chi connectivity index (χ0n) is 6.74. The van der Waals surface area contributed by atoms with Crippen LogP contribution in [0.5, 0.6) is 5.75 Å². The van der Waals surface area contributed by atoms with Crippen molar-refractivity contribution in [3.05, 3.63) is 29.8 Å². The third-order valence-corrected chi connectivity index (χ3v) is 1.67. The van der Waals surface area contributed by atoms with E-state index in [2.05, 4.69) is 5.32 Å². The van der Waals surface area contributed by atoms with Crippen molar-refractivity contribution in [2.45, 2.75) is 13.0 Å². The predicted molar refractivity (Wildman–Crippen MR) is 45.4 cm³/mol. The van der Waals surface area contributed by atoms with Gasteiger partial charge in [0.25, 0.3) is 0 Å². The number of hydrogen-bond donors (Lipinski definition) is 2. The molecule has 2 N–H and O–H groups in total. The summed E-state index contributed by atoms with van der Waals surface area (Å²) in [7, 11) is 0. The van der Waals surface area contributed by atoms with Crippen LogP contribution in [0.15, 0.2) is 24.3 Å². The number of phenolic OH excluding ortho intramolecular Hbond substituents is 1. The molecule has 0 aliphatic carbocycles. The fourth-order valence-corrected chi connectivity index (χ4v) is 0.935. The van der Waals surface area contributed by atoms with Crippen LogP contribution < -0.4 is 5.32 Å². The summed E-state index contributed by atoms with van der Waals surface area (Å²) in [6.45, 7) is 1.84. The highest BCUT2D eigenvalue weighted by molar-refractivity contribution is 5.48. The summed E-state index contributed by atoms with van der Waals surface area (Å²) < 4.78 is 0. The number of hydrogen-bond acceptors (Lipinski definition) is 2. The van der Waals surface area contributed by atoms with Crippen molar-refractivity contribution >= 4 is 6.41 Å². The maximum atomic E-state index is 9.97. The van der Waals surface area contributed by atoms with Gasteiger partial charge in [-0.25, -0.2) is 0 Å². The lowest BCUT2D eigenvalue weighted by Crippen LogP contribution is -2.15. The minimum atomic E-state index is -0.0666. The lowest BCUT2D eigenvalue weighted by atomic mass is 10.1. The Morgan fingerprint density at radius 1 is 1.42 bits per heavy atom. The Morgan fingerprint density at radius 2 is 2.00 bits per heavy atom.